The molecular weight excluding hydrogens is 168 g/mol. The molecule has 2 N–H and O–H groups in total. The molecule has 1 saturated heterocycles. The van der Waals surface area contributed by atoms with Gasteiger partial charge in [0.1, 0.15) is 0 Å². The molecule has 2 nitrogen and oxygen atoms in total. The Labute approximate surface area is 60.8 Å². The number of hydrogen-bond donors (Lipinski definition) is 2. The van der Waals surface area contributed by atoms with Crippen molar-refractivity contribution in [2.24, 2.45) is 0 Å². The summed E-state index contributed by atoms with van der Waals surface area (Å²) in [5.41, 5.74) is 0. The van der Waals surface area contributed by atoms with E-state index in [1.165, 1.54) is 13.0 Å². The van der Waals surface area contributed by atoms with Gasteiger partial charge in [-0.15, -0.1) is 17.0 Å². The van der Waals surface area contributed by atoms with E-state index in [1.54, 1.807) is 0 Å². The molecule has 1 atom stereocenters. The van der Waals surface area contributed by atoms with Gasteiger partial charge in [-0.2, -0.15) is 0 Å². The van der Waals surface area contributed by atoms with Gasteiger partial charge < -0.3 is 10.6 Å². The maximum absolute atomic E-state index is 3.26. The van der Waals surface area contributed by atoms with Crippen LogP contribution in [0.15, 0.2) is 0 Å². The molecule has 1 unspecified atom stereocenters. The Morgan fingerprint density at radius 3 is 2.62 bits per heavy atom. The fraction of sp³-hybridized carbons (Fsp3) is 1.00. The summed E-state index contributed by atoms with van der Waals surface area (Å²) in [5, 5.41) is 6.46. The maximum atomic E-state index is 3.26. The molecule has 0 saturated carbocycles. The van der Waals surface area contributed by atoms with Crippen LogP contribution in [-0.4, -0.2) is 26.2 Å². The lowest BCUT2D eigenvalue weighted by atomic mass is 10.3. The summed E-state index contributed by atoms with van der Waals surface area (Å²) in [6.45, 7) is 2.34. The molecule has 0 amide bonds. The van der Waals surface area contributed by atoms with Gasteiger partial charge in [0, 0.05) is 12.6 Å². The van der Waals surface area contributed by atoms with Crippen molar-refractivity contribution in [1.29, 1.82) is 0 Å². The zero-order chi connectivity index (χ0) is 5.11. The molecule has 1 fully saturated rings. The Hall–Kier alpha value is 0.400. The molecule has 50 valence electrons. The molecule has 0 radical (unpaired) electrons. The second-order valence-electron chi connectivity index (χ2n) is 1.98. The highest BCUT2D eigenvalue weighted by Crippen LogP contribution is 1.93. The number of hydrogen-bond acceptors (Lipinski definition) is 2. The number of halogens is 1. The quantitative estimate of drug-likeness (QED) is 0.601. The van der Waals surface area contributed by atoms with E-state index in [2.05, 4.69) is 10.6 Å². The molecule has 1 rings (SSSR count). The van der Waals surface area contributed by atoms with Gasteiger partial charge >= 0.3 is 0 Å². The molecule has 0 aromatic rings. The first-order chi connectivity index (χ1) is 3.43. The molecule has 0 bridgehead atoms. The van der Waals surface area contributed by atoms with E-state index in [1.807, 2.05) is 7.05 Å². The summed E-state index contributed by atoms with van der Waals surface area (Å²) in [6.07, 6.45) is 1.29. The van der Waals surface area contributed by atoms with E-state index in [0.29, 0.717) is 0 Å². The van der Waals surface area contributed by atoms with Gasteiger partial charge in [0.05, 0.1) is 0 Å². The van der Waals surface area contributed by atoms with Crippen molar-refractivity contribution in [3.63, 3.8) is 0 Å². The van der Waals surface area contributed by atoms with Crippen molar-refractivity contribution in [3.8, 4) is 0 Å². The molecular formula is C5H13BrN2. The summed E-state index contributed by atoms with van der Waals surface area (Å²) in [4.78, 5) is 0. The average molecular weight is 181 g/mol. The van der Waals surface area contributed by atoms with Crippen LogP contribution in [0.5, 0.6) is 0 Å². The summed E-state index contributed by atoms with van der Waals surface area (Å²) in [6, 6.07) is 0.736. The highest BCUT2D eigenvalue weighted by molar-refractivity contribution is 8.93. The minimum atomic E-state index is 0. The fourth-order valence-electron chi connectivity index (χ4n) is 0.901. The van der Waals surface area contributed by atoms with Crippen LogP contribution in [0.1, 0.15) is 6.42 Å². The van der Waals surface area contributed by atoms with Crippen LogP contribution in [0, 0.1) is 0 Å². The van der Waals surface area contributed by atoms with Crippen LogP contribution in [0.25, 0.3) is 0 Å². The minimum absolute atomic E-state index is 0. The predicted molar refractivity (Wildman–Crippen MR) is 40.7 cm³/mol. The van der Waals surface area contributed by atoms with Crippen molar-refractivity contribution >= 4 is 17.0 Å². The predicted octanol–water partition coefficient (Wildman–Crippen LogP) is 0.146. The van der Waals surface area contributed by atoms with Gasteiger partial charge in [0.25, 0.3) is 0 Å². The molecule has 1 heterocycles. The standard InChI is InChI=1S/C5H12N2.BrH/c1-6-5-2-3-7-4-5;/h5-7H,2-4H2,1H3;1H. The van der Waals surface area contributed by atoms with Gasteiger partial charge in [0.15, 0.2) is 0 Å². The minimum Gasteiger partial charge on any atom is -0.316 e. The molecule has 3 heteroatoms. The molecule has 0 aromatic heterocycles. The fourth-order valence-corrected chi connectivity index (χ4v) is 0.901. The number of nitrogens with one attached hydrogen (secondary N) is 2. The lowest BCUT2D eigenvalue weighted by Crippen LogP contribution is -2.26. The Morgan fingerprint density at radius 1 is 1.62 bits per heavy atom. The van der Waals surface area contributed by atoms with E-state index in [0.717, 1.165) is 12.6 Å². The Balaban J connectivity index is 0.000000490. The van der Waals surface area contributed by atoms with Crippen LogP contribution in [0.3, 0.4) is 0 Å². The van der Waals surface area contributed by atoms with E-state index >= 15 is 0 Å². The Morgan fingerprint density at radius 2 is 2.38 bits per heavy atom. The molecule has 0 aliphatic carbocycles. The van der Waals surface area contributed by atoms with E-state index in [4.69, 9.17) is 0 Å². The average Bonchev–Trinajstić information content (AvgIpc) is 2.14. The first-order valence-electron chi connectivity index (χ1n) is 2.81. The van der Waals surface area contributed by atoms with Crippen molar-refractivity contribution in [1.82, 2.24) is 10.6 Å². The van der Waals surface area contributed by atoms with Crippen molar-refractivity contribution < 1.29 is 0 Å². The van der Waals surface area contributed by atoms with Gasteiger partial charge in [0.2, 0.25) is 0 Å². The van der Waals surface area contributed by atoms with Crippen LogP contribution >= 0.6 is 17.0 Å². The van der Waals surface area contributed by atoms with Crippen LogP contribution in [0.2, 0.25) is 0 Å². The van der Waals surface area contributed by atoms with Gasteiger partial charge in [-0.3, -0.25) is 0 Å². The van der Waals surface area contributed by atoms with Gasteiger partial charge in [-0.05, 0) is 20.0 Å². The molecule has 0 aromatic carbocycles. The van der Waals surface area contributed by atoms with Crippen LogP contribution < -0.4 is 10.6 Å². The van der Waals surface area contributed by atoms with Crippen LogP contribution in [0.4, 0.5) is 0 Å². The SMILES string of the molecule is Br.CNC1CCNC1. The number of rotatable bonds is 1. The highest BCUT2D eigenvalue weighted by atomic mass is 79.9. The van der Waals surface area contributed by atoms with E-state index < -0.39 is 0 Å². The van der Waals surface area contributed by atoms with E-state index in [-0.39, 0.29) is 17.0 Å². The Kier molecular flexibility index (Phi) is 4.51. The third kappa shape index (κ3) is 2.11. The molecule has 8 heavy (non-hydrogen) atoms. The molecule has 1 aliphatic rings. The van der Waals surface area contributed by atoms with Gasteiger partial charge in [-0.1, -0.05) is 0 Å². The first-order valence-corrected chi connectivity index (χ1v) is 2.81. The molecule has 0 spiro atoms. The van der Waals surface area contributed by atoms with Crippen LogP contribution in [-0.2, 0) is 0 Å². The number of likely N-dealkylation sites (N-methyl/N-ethyl adjacent to an activating group) is 1. The smallest absolute Gasteiger partial charge is 0.0201 e. The first kappa shape index (κ1) is 8.40. The van der Waals surface area contributed by atoms with Crippen molar-refractivity contribution in [2.45, 2.75) is 12.5 Å². The summed E-state index contributed by atoms with van der Waals surface area (Å²) >= 11 is 0. The third-order valence-electron chi connectivity index (χ3n) is 1.47. The molecule has 1 aliphatic heterocycles. The lowest BCUT2D eigenvalue weighted by molar-refractivity contribution is 0.611. The van der Waals surface area contributed by atoms with Crippen molar-refractivity contribution in [3.05, 3.63) is 0 Å². The summed E-state index contributed by atoms with van der Waals surface area (Å²) in [7, 11) is 2.01. The second-order valence-corrected chi connectivity index (χ2v) is 1.98. The third-order valence-corrected chi connectivity index (χ3v) is 1.47. The topological polar surface area (TPSA) is 24.1 Å². The zero-order valence-electron chi connectivity index (χ0n) is 5.11. The summed E-state index contributed by atoms with van der Waals surface area (Å²) < 4.78 is 0. The Bertz CT molecular complexity index is 52.4. The van der Waals surface area contributed by atoms with E-state index in [9.17, 15) is 0 Å². The monoisotopic (exact) mass is 180 g/mol. The second kappa shape index (κ2) is 4.30. The largest absolute Gasteiger partial charge is 0.316 e. The normalized spacial score (nSPS) is 27.4. The lowest BCUT2D eigenvalue weighted by Gasteiger charge is -2.02. The maximum Gasteiger partial charge on any atom is 0.0201 e. The van der Waals surface area contributed by atoms with Crippen molar-refractivity contribution in [2.75, 3.05) is 20.1 Å². The summed E-state index contributed by atoms with van der Waals surface area (Å²) in [5.74, 6) is 0. The van der Waals surface area contributed by atoms with Gasteiger partial charge in [-0.25, -0.2) is 0 Å². The zero-order valence-corrected chi connectivity index (χ0v) is 6.82. The highest BCUT2D eigenvalue weighted by Gasteiger charge is 2.09.